The van der Waals surface area contributed by atoms with Gasteiger partial charge in [-0.25, -0.2) is 9.97 Å². The third kappa shape index (κ3) is 3.70. The van der Waals surface area contributed by atoms with Crippen LogP contribution in [0.3, 0.4) is 0 Å². The van der Waals surface area contributed by atoms with Crippen molar-refractivity contribution in [3.63, 3.8) is 0 Å². The van der Waals surface area contributed by atoms with E-state index in [9.17, 15) is 0 Å². The van der Waals surface area contributed by atoms with Crippen LogP contribution in [0.2, 0.25) is 0 Å². The maximum Gasteiger partial charge on any atom is 0.277 e. The van der Waals surface area contributed by atoms with Crippen molar-refractivity contribution in [2.24, 2.45) is 0 Å². The topological polar surface area (TPSA) is 90.7 Å². The van der Waals surface area contributed by atoms with Crippen LogP contribution in [-0.2, 0) is 18.6 Å². The van der Waals surface area contributed by atoms with Crippen LogP contribution in [0.15, 0.2) is 27.8 Å². The minimum Gasteiger partial charge on any atom is -0.411 e. The summed E-state index contributed by atoms with van der Waals surface area (Å²) in [5.74, 6) is 2.36. The Morgan fingerprint density at radius 2 is 1.93 bits per heavy atom. The summed E-state index contributed by atoms with van der Waals surface area (Å²) >= 11 is 3.21. The highest BCUT2D eigenvalue weighted by molar-refractivity contribution is 7.98. The molecule has 3 aromatic heterocycles. The molecule has 0 spiro atoms. The van der Waals surface area contributed by atoms with Crippen molar-refractivity contribution in [2.75, 3.05) is 5.73 Å². The van der Waals surface area contributed by atoms with E-state index in [0.717, 1.165) is 28.6 Å². The third-order valence-corrected chi connectivity index (χ3v) is 7.62. The number of thioether (sulfide) groups is 1. The molecule has 1 aliphatic rings. The number of nitrogens with zero attached hydrogens (tertiary/aromatic N) is 4. The summed E-state index contributed by atoms with van der Waals surface area (Å²) in [6.45, 7) is 4.16. The van der Waals surface area contributed by atoms with E-state index in [1.165, 1.54) is 52.6 Å². The zero-order valence-corrected chi connectivity index (χ0v) is 18.7. The van der Waals surface area contributed by atoms with Crippen LogP contribution in [0, 0.1) is 13.8 Å². The van der Waals surface area contributed by atoms with Crippen molar-refractivity contribution in [3.05, 3.63) is 45.6 Å². The second kappa shape index (κ2) is 8.00. The van der Waals surface area contributed by atoms with Crippen molar-refractivity contribution < 1.29 is 4.42 Å². The Kier molecular flexibility index (Phi) is 5.20. The lowest BCUT2D eigenvalue weighted by Crippen LogP contribution is -2.00. The number of aromatic nitrogens is 4. The molecule has 154 valence electrons. The molecule has 2 N–H and O–H groups in total. The first-order valence-electron chi connectivity index (χ1n) is 10.2. The van der Waals surface area contributed by atoms with Gasteiger partial charge in [-0.05, 0) is 68.4 Å². The van der Waals surface area contributed by atoms with Gasteiger partial charge in [0.2, 0.25) is 5.89 Å². The number of aryl methyl sites for hydroxylation is 4. The molecule has 8 heteroatoms. The first-order valence-corrected chi connectivity index (χ1v) is 12.0. The Bertz CT molecular complexity index is 1230. The second-order valence-corrected chi connectivity index (χ2v) is 9.74. The standard InChI is InChI=1S/C22H23N5OS2/c1-12-8-9-14(10-13(12)2)20-26-27-22(28-20)29-11-17-24-19(23)18-15-6-4-3-5-7-16(15)30-21(18)25-17/h8-10H,3-7,11H2,1-2H3,(H2,23,24,25). The number of rotatable bonds is 4. The molecule has 4 aromatic rings. The normalized spacial score (nSPS) is 14.1. The summed E-state index contributed by atoms with van der Waals surface area (Å²) in [6, 6.07) is 6.13. The molecule has 0 saturated heterocycles. The molecule has 0 atom stereocenters. The maximum absolute atomic E-state index is 6.35. The monoisotopic (exact) mass is 437 g/mol. The molecule has 0 bridgehead atoms. The lowest BCUT2D eigenvalue weighted by Gasteiger charge is -2.03. The van der Waals surface area contributed by atoms with Gasteiger partial charge >= 0.3 is 0 Å². The predicted octanol–water partition coefficient (Wildman–Crippen LogP) is 5.50. The molecular weight excluding hydrogens is 414 g/mol. The summed E-state index contributed by atoms with van der Waals surface area (Å²) in [5, 5.41) is 9.94. The number of nitrogen functional groups attached to an aromatic ring is 1. The predicted molar refractivity (Wildman–Crippen MR) is 122 cm³/mol. The zero-order valence-electron chi connectivity index (χ0n) is 17.1. The highest BCUT2D eigenvalue weighted by Crippen LogP contribution is 2.37. The van der Waals surface area contributed by atoms with Crippen LogP contribution in [0.1, 0.15) is 46.7 Å². The van der Waals surface area contributed by atoms with Crippen molar-refractivity contribution in [2.45, 2.75) is 56.9 Å². The molecule has 0 saturated carbocycles. The molecule has 1 aromatic carbocycles. The number of benzene rings is 1. The highest BCUT2D eigenvalue weighted by atomic mass is 32.2. The lowest BCUT2D eigenvalue weighted by molar-refractivity contribution is 0.465. The van der Waals surface area contributed by atoms with Crippen LogP contribution in [-0.4, -0.2) is 20.2 Å². The van der Waals surface area contributed by atoms with E-state index >= 15 is 0 Å². The minimum atomic E-state index is 0.507. The van der Waals surface area contributed by atoms with Gasteiger partial charge in [0.1, 0.15) is 16.5 Å². The van der Waals surface area contributed by atoms with Gasteiger partial charge in [0, 0.05) is 10.4 Å². The Labute approximate surface area is 183 Å². The van der Waals surface area contributed by atoms with Crippen molar-refractivity contribution in [3.8, 4) is 11.5 Å². The Morgan fingerprint density at radius 3 is 2.80 bits per heavy atom. The van der Waals surface area contributed by atoms with Gasteiger partial charge in [-0.15, -0.1) is 21.5 Å². The SMILES string of the molecule is Cc1ccc(-c2nnc(SCc3nc(N)c4c5c(sc4n3)CCCCC5)o2)cc1C. The van der Waals surface area contributed by atoms with Gasteiger partial charge in [0.15, 0.2) is 0 Å². The first kappa shape index (κ1) is 19.5. The summed E-state index contributed by atoms with van der Waals surface area (Å²) in [5.41, 5.74) is 11.1. The molecule has 6 nitrogen and oxygen atoms in total. The molecule has 5 rings (SSSR count). The molecule has 0 radical (unpaired) electrons. The van der Waals surface area contributed by atoms with Gasteiger partial charge in [0.05, 0.1) is 11.1 Å². The fraction of sp³-hybridized carbons (Fsp3) is 0.364. The molecular formula is C22H23N5OS2. The van der Waals surface area contributed by atoms with E-state index in [1.54, 1.807) is 11.3 Å². The van der Waals surface area contributed by atoms with E-state index in [1.807, 2.05) is 6.07 Å². The molecule has 1 aliphatic carbocycles. The van der Waals surface area contributed by atoms with Gasteiger partial charge in [0.25, 0.3) is 5.22 Å². The molecule has 0 amide bonds. The average molecular weight is 438 g/mol. The maximum atomic E-state index is 6.35. The number of hydrogen-bond acceptors (Lipinski definition) is 8. The van der Waals surface area contributed by atoms with E-state index in [0.29, 0.717) is 28.5 Å². The van der Waals surface area contributed by atoms with Gasteiger partial charge in [-0.3, -0.25) is 0 Å². The fourth-order valence-corrected chi connectivity index (χ4v) is 5.76. The number of hydrogen-bond donors (Lipinski definition) is 1. The minimum absolute atomic E-state index is 0.507. The molecule has 30 heavy (non-hydrogen) atoms. The average Bonchev–Trinajstić information content (AvgIpc) is 3.27. The second-order valence-electron chi connectivity index (χ2n) is 7.73. The summed E-state index contributed by atoms with van der Waals surface area (Å²) in [6.07, 6.45) is 5.96. The molecule has 0 fully saturated rings. The Balaban J connectivity index is 1.35. The molecule has 3 heterocycles. The van der Waals surface area contributed by atoms with E-state index in [4.69, 9.17) is 15.1 Å². The van der Waals surface area contributed by atoms with Crippen LogP contribution < -0.4 is 5.73 Å². The zero-order chi connectivity index (χ0) is 20.7. The summed E-state index contributed by atoms with van der Waals surface area (Å²) in [4.78, 5) is 11.8. The van der Waals surface area contributed by atoms with Crippen molar-refractivity contribution >= 4 is 39.1 Å². The van der Waals surface area contributed by atoms with Gasteiger partial charge in [-0.2, -0.15) is 0 Å². The van der Waals surface area contributed by atoms with Gasteiger partial charge in [-0.1, -0.05) is 24.2 Å². The molecule has 0 unspecified atom stereocenters. The number of fused-ring (bicyclic) bond motifs is 3. The quantitative estimate of drug-likeness (QED) is 0.333. The number of nitrogens with two attached hydrogens (primary N) is 1. The largest absolute Gasteiger partial charge is 0.411 e. The van der Waals surface area contributed by atoms with Crippen LogP contribution in [0.25, 0.3) is 21.7 Å². The van der Waals surface area contributed by atoms with E-state index in [2.05, 4.69) is 41.2 Å². The van der Waals surface area contributed by atoms with Crippen molar-refractivity contribution in [1.82, 2.24) is 20.2 Å². The Hall–Kier alpha value is -2.45. The highest BCUT2D eigenvalue weighted by Gasteiger charge is 2.19. The fourth-order valence-electron chi connectivity index (χ4n) is 3.86. The summed E-state index contributed by atoms with van der Waals surface area (Å²) < 4.78 is 5.84. The van der Waals surface area contributed by atoms with Crippen molar-refractivity contribution in [1.29, 1.82) is 0 Å². The van der Waals surface area contributed by atoms with E-state index in [-0.39, 0.29) is 0 Å². The van der Waals surface area contributed by atoms with Crippen LogP contribution in [0.4, 0.5) is 5.82 Å². The van der Waals surface area contributed by atoms with E-state index < -0.39 is 0 Å². The van der Waals surface area contributed by atoms with Crippen LogP contribution >= 0.6 is 23.1 Å². The van der Waals surface area contributed by atoms with Crippen LogP contribution in [0.5, 0.6) is 0 Å². The first-order chi connectivity index (χ1) is 14.6. The Morgan fingerprint density at radius 1 is 1.07 bits per heavy atom. The number of thiophene rings is 1. The van der Waals surface area contributed by atoms with Gasteiger partial charge < -0.3 is 10.2 Å². The smallest absolute Gasteiger partial charge is 0.277 e. The summed E-state index contributed by atoms with van der Waals surface area (Å²) in [7, 11) is 0. The molecule has 0 aliphatic heterocycles. The lowest BCUT2D eigenvalue weighted by atomic mass is 10.1. The number of anilines is 1. The third-order valence-electron chi connectivity index (χ3n) is 5.62.